The highest BCUT2D eigenvalue weighted by atomic mass is 32.2. The molecule has 0 saturated carbocycles. The first-order valence-electron chi connectivity index (χ1n) is 6.91. The first-order valence-corrected chi connectivity index (χ1v) is 7.79. The minimum absolute atomic E-state index is 0.184. The van der Waals surface area contributed by atoms with E-state index in [1.54, 1.807) is 24.3 Å². The summed E-state index contributed by atoms with van der Waals surface area (Å²) in [7, 11) is 0. The Kier molecular flexibility index (Phi) is 4.23. The molecule has 2 N–H and O–H groups in total. The van der Waals surface area contributed by atoms with Crippen LogP contribution in [0.2, 0.25) is 0 Å². The second kappa shape index (κ2) is 6.20. The maximum absolute atomic E-state index is 13.9. The molecule has 1 aliphatic rings. The lowest BCUT2D eigenvalue weighted by Gasteiger charge is -2.16. The van der Waals surface area contributed by atoms with E-state index in [9.17, 15) is 22.8 Å². The Hall–Kier alpha value is -2.48. The second-order valence-electron chi connectivity index (χ2n) is 5.11. The van der Waals surface area contributed by atoms with E-state index < -0.39 is 40.2 Å². The number of halogens is 3. The lowest BCUT2D eigenvalue weighted by atomic mass is 10.2. The van der Waals surface area contributed by atoms with Crippen molar-refractivity contribution in [2.75, 3.05) is 10.6 Å². The van der Waals surface area contributed by atoms with Crippen LogP contribution in [0, 0.1) is 17.5 Å². The normalized spacial score (nSPS) is 17.6. The first kappa shape index (κ1) is 16.4. The first-order chi connectivity index (χ1) is 11.4. The minimum Gasteiger partial charge on any atom is -0.398 e. The number of amides is 2. The Labute approximate surface area is 139 Å². The predicted octanol–water partition coefficient (Wildman–Crippen LogP) is 3.11. The number of nitrogens with zero attached hydrogens (tertiary/aromatic N) is 1. The van der Waals surface area contributed by atoms with Gasteiger partial charge in [-0.15, -0.1) is 11.8 Å². The van der Waals surface area contributed by atoms with Crippen molar-refractivity contribution < 1.29 is 22.8 Å². The van der Waals surface area contributed by atoms with Gasteiger partial charge in [0.05, 0.1) is 10.9 Å². The van der Waals surface area contributed by atoms with Gasteiger partial charge < -0.3 is 5.73 Å². The fraction of sp³-hybridized carbons (Fsp3) is 0.125. The smallest absolute Gasteiger partial charge is 0.247 e. The predicted molar refractivity (Wildman–Crippen MR) is 83.9 cm³/mol. The lowest BCUT2D eigenvalue weighted by molar-refractivity contribution is -0.121. The van der Waals surface area contributed by atoms with Crippen molar-refractivity contribution in [2.45, 2.75) is 16.6 Å². The number of benzene rings is 2. The van der Waals surface area contributed by atoms with Gasteiger partial charge in [0.1, 0.15) is 0 Å². The number of thioether (sulfide) groups is 1. The fourth-order valence-electron chi connectivity index (χ4n) is 2.38. The van der Waals surface area contributed by atoms with Gasteiger partial charge in [-0.1, -0.05) is 12.1 Å². The molecule has 4 nitrogen and oxygen atoms in total. The maximum Gasteiger partial charge on any atom is 0.247 e. The van der Waals surface area contributed by atoms with E-state index in [1.165, 1.54) is 0 Å². The van der Waals surface area contributed by atoms with Gasteiger partial charge in [0.2, 0.25) is 11.8 Å². The summed E-state index contributed by atoms with van der Waals surface area (Å²) >= 11 is 1.07. The van der Waals surface area contributed by atoms with Crippen LogP contribution in [-0.2, 0) is 9.59 Å². The van der Waals surface area contributed by atoms with Crippen LogP contribution in [0.1, 0.15) is 6.42 Å². The van der Waals surface area contributed by atoms with E-state index in [-0.39, 0.29) is 6.42 Å². The van der Waals surface area contributed by atoms with Crippen molar-refractivity contribution in [1.82, 2.24) is 0 Å². The van der Waals surface area contributed by atoms with E-state index in [0.717, 1.165) is 17.8 Å². The number of nitrogen functional groups attached to an aromatic ring is 1. The fourth-order valence-corrected chi connectivity index (χ4v) is 3.48. The van der Waals surface area contributed by atoms with E-state index in [4.69, 9.17) is 5.73 Å². The Morgan fingerprint density at radius 3 is 2.46 bits per heavy atom. The summed E-state index contributed by atoms with van der Waals surface area (Å²) in [4.78, 5) is 25.7. The van der Waals surface area contributed by atoms with Gasteiger partial charge in [0.15, 0.2) is 17.5 Å². The molecule has 2 aromatic rings. The number of imide groups is 1. The highest BCUT2D eigenvalue weighted by Gasteiger charge is 2.42. The van der Waals surface area contributed by atoms with Crippen molar-refractivity contribution in [3.05, 3.63) is 53.8 Å². The minimum atomic E-state index is -1.73. The van der Waals surface area contributed by atoms with E-state index in [1.807, 2.05) is 0 Å². The lowest BCUT2D eigenvalue weighted by Crippen LogP contribution is -2.32. The maximum atomic E-state index is 13.9. The molecule has 2 aromatic carbocycles. The van der Waals surface area contributed by atoms with Crippen molar-refractivity contribution >= 4 is 35.0 Å². The van der Waals surface area contributed by atoms with Crippen molar-refractivity contribution in [3.63, 3.8) is 0 Å². The molecule has 1 saturated heterocycles. The topological polar surface area (TPSA) is 63.4 Å². The SMILES string of the molecule is Nc1ccccc1SC1CC(=O)N(c2ccc(F)c(F)c2F)C1=O. The molecule has 1 fully saturated rings. The average Bonchev–Trinajstić information content (AvgIpc) is 2.82. The van der Waals surface area contributed by atoms with Crippen LogP contribution in [0.5, 0.6) is 0 Å². The van der Waals surface area contributed by atoms with Crippen LogP contribution in [0.4, 0.5) is 24.5 Å². The van der Waals surface area contributed by atoms with Gasteiger partial charge in [-0.25, -0.2) is 18.1 Å². The molecule has 124 valence electrons. The molecule has 24 heavy (non-hydrogen) atoms. The summed E-state index contributed by atoms with van der Waals surface area (Å²) in [6, 6.07) is 8.34. The number of hydrogen-bond acceptors (Lipinski definition) is 4. The summed E-state index contributed by atoms with van der Waals surface area (Å²) in [5.41, 5.74) is 5.66. The van der Waals surface area contributed by atoms with Gasteiger partial charge in [0.25, 0.3) is 0 Å². The number of rotatable bonds is 3. The third-order valence-corrected chi connectivity index (χ3v) is 4.83. The molecule has 0 spiro atoms. The zero-order valence-electron chi connectivity index (χ0n) is 12.1. The standard InChI is InChI=1S/C16H11F3N2O2S/c17-8-5-6-10(15(19)14(8)18)21-13(22)7-12(16(21)23)24-11-4-2-1-3-9(11)20/h1-6,12H,7,20H2. The molecule has 0 aliphatic carbocycles. The van der Waals surface area contributed by atoms with Crippen molar-refractivity contribution in [3.8, 4) is 0 Å². The van der Waals surface area contributed by atoms with Crippen LogP contribution in [0.3, 0.4) is 0 Å². The molecule has 8 heteroatoms. The number of para-hydroxylation sites is 1. The molecule has 1 aliphatic heterocycles. The Morgan fingerprint density at radius 1 is 1.04 bits per heavy atom. The van der Waals surface area contributed by atoms with Crippen LogP contribution in [0.15, 0.2) is 41.3 Å². The van der Waals surface area contributed by atoms with Crippen LogP contribution < -0.4 is 10.6 Å². The second-order valence-corrected chi connectivity index (χ2v) is 6.35. The zero-order valence-corrected chi connectivity index (χ0v) is 12.9. The summed E-state index contributed by atoms with van der Waals surface area (Å²) in [6.45, 7) is 0. The van der Waals surface area contributed by atoms with E-state index in [0.29, 0.717) is 21.5 Å². The molecule has 1 atom stereocenters. The number of carbonyl (C=O) groups excluding carboxylic acids is 2. The molecule has 0 bridgehead atoms. The van der Waals surface area contributed by atoms with Crippen molar-refractivity contribution in [1.29, 1.82) is 0 Å². The summed E-state index contributed by atoms with van der Waals surface area (Å²) < 4.78 is 40.3. The highest BCUT2D eigenvalue weighted by Crippen LogP contribution is 2.37. The molecule has 3 rings (SSSR count). The number of carbonyl (C=O) groups is 2. The largest absolute Gasteiger partial charge is 0.398 e. The Morgan fingerprint density at radius 2 is 1.75 bits per heavy atom. The van der Waals surface area contributed by atoms with Gasteiger partial charge in [-0.2, -0.15) is 0 Å². The monoisotopic (exact) mass is 352 g/mol. The van der Waals surface area contributed by atoms with E-state index >= 15 is 0 Å². The van der Waals surface area contributed by atoms with Gasteiger partial charge in [0, 0.05) is 17.0 Å². The number of anilines is 2. The molecule has 2 amide bonds. The Bertz CT molecular complexity index is 844. The van der Waals surface area contributed by atoms with E-state index in [2.05, 4.69) is 0 Å². The van der Waals surface area contributed by atoms with Crippen LogP contribution in [0.25, 0.3) is 0 Å². The number of hydrogen-bond donors (Lipinski definition) is 1. The summed E-state index contributed by atoms with van der Waals surface area (Å²) in [5, 5.41) is -0.810. The van der Waals surface area contributed by atoms with Gasteiger partial charge >= 0.3 is 0 Å². The zero-order chi connectivity index (χ0) is 17.4. The molecular weight excluding hydrogens is 341 g/mol. The molecule has 1 heterocycles. The van der Waals surface area contributed by atoms with Gasteiger partial charge in [-0.05, 0) is 24.3 Å². The third-order valence-electron chi connectivity index (χ3n) is 3.55. The molecule has 1 unspecified atom stereocenters. The summed E-state index contributed by atoms with van der Waals surface area (Å²) in [6.07, 6.45) is -0.184. The van der Waals surface area contributed by atoms with Crippen LogP contribution >= 0.6 is 11.8 Å². The third kappa shape index (κ3) is 2.73. The average molecular weight is 352 g/mol. The quantitative estimate of drug-likeness (QED) is 0.524. The van der Waals surface area contributed by atoms with Crippen molar-refractivity contribution in [2.24, 2.45) is 0 Å². The number of nitrogens with two attached hydrogens (primary N) is 1. The van der Waals surface area contributed by atoms with Crippen LogP contribution in [-0.4, -0.2) is 17.1 Å². The van der Waals surface area contributed by atoms with Gasteiger partial charge in [-0.3, -0.25) is 9.59 Å². The Balaban J connectivity index is 1.90. The molecule has 0 radical (unpaired) electrons. The summed E-state index contributed by atoms with van der Waals surface area (Å²) in [5.74, 6) is -6.06. The molecular formula is C16H11F3N2O2S. The molecule has 0 aromatic heterocycles. The highest BCUT2D eigenvalue weighted by molar-refractivity contribution is 8.00.